The Balaban J connectivity index is 1.59. The van der Waals surface area contributed by atoms with Crippen LogP contribution in [-0.4, -0.2) is 46.2 Å². The van der Waals surface area contributed by atoms with Gasteiger partial charge in [-0.25, -0.2) is 13.8 Å². The van der Waals surface area contributed by atoms with E-state index in [0.717, 1.165) is 30.3 Å². The number of hydrogen-bond donors (Lipinski definition) is 4. The maximum Gasteiger partial charge on any atom is 0.424 e. The number of carbonyl (C=O) groups excluding carboxylic acids is 2. The number of aliphatic hydroxyl groups is 1. The first-order valence-electron chi connectivity index (χ1n) is 11.8. The SMILES string of the molecule is C[C@]1(C(N)=O)COc2c1cc(C(O)(CNC(=O)c1cc3c(F)cccc3[nH]1)C(F)(F)F)nc2-c1ccc(F)cc1. The number of aromatic amines is 1. The molecule has 0 bridgehead atoms. The zero-order chi connectivity index (χ0) is 29.0. The fraction of sp³-hybridized carbons (Fsp3) is 0.222. The zero-order valence-electron chi connectivity index (χ0n) is 20.7. The first-order chi connectivity index (χ1) is 18.7. The highest BCUT2D eigenvalue weighted by Crippen LogP contribution is 2.47. The summed E-state index contributed by atoms with van der Waals surface area (Å²) < 4.78 is 76.7. The van der Waals surface area contributed by atoms with Gasteiger partial charge in [-0.15, -0.1) is 0 Å². The minimum absolute atomic E-state index is 0.0497. The molecule has 4 aromatic rings. The van der Waals surface area contributed by atoms with Crippen LogP contribution in [0.5, 0.6) is 5.75 Å². The van der Waals surface area contributed by atoms with E-state index in [1.807, 2.05) is 5.32 Å². The van der Waals surface area contributed by atoms with E-state index >= 15 is 0 Å². The standard InChI is InChI=1S/C27H21F5N4O4/c1-25(24(33)38)12-40-22-16(25)10-20(36-21(22)13-5-7-14(28)8-6-13)26(39,27(30,31)32)11-34-23(37)19-9-15-17(29)3-2-4-18(15)35-19/h2-10,35,39H,11-12H2,1H3,(H2,33,38)(H,34,37)/t25-,26?/m0/s1. The van der Waals surface area contributed by atoms with Gasteiger partial charge in [0.2, 0.25) is 11.5 Å². The van der Waals surface area contributed by atoms with Gasteiger partial charge in [-0.3, -0.25) is 9.59 Å². The molecule has 0 saturated heterocycles. The van der Waals surface area contributed by atoms with E-state index < -0.39 is 52.9 Å². The minimum Gasteiger partial charge on any atom is -0.489 e. The molecule has 1 unspecified atom stereocenters. The lowest BCUT2D eigenvalue weighted by Gasteiger charge is -2.31. The van der Waals surface area contributed by atoms with Crippen molar-refractivity contribution in [3.8, 4) is 17.0 Å². The molecule has 40 heavy (non-hydrogen) atoms. The molecule has 1 aliphatic heterocycles. The number of H-pyrrole nitrogens is 1. The first-order valence-corrected chi connectivity index (χ1v) is 11.8. The Bertz CT molecular complexity index is 1650. The van der Waals surface area contributed by atoms with Crippen molar-refractivity contribution in [1.82, 2.24) is 15.3 Å². The highest BCUT2D eigenvalue weighted by atomic mass is 19.4. The first kappa shape index (κ1) is 27.1. The third-order valence-corrected chi connectivity index (χ3v) is 6.99. The van der Waals surface area contributed by atoms with Crippen molar-refractivity contribution >= 4 is 22.7 Å². The van der Waals surface area contributed by atoms with Crippen molar-refractivity contribution in [2.45, 2.75) is 24.1 Å². The zero-order valence-corrected chi connectivity index (χ0v) is 20.7. The summed E-state index contributed by atoms with van der Waals surface area (Å²) in [5, 5.41) is 13.1. The van der Waals surface area contributed by atoms with Crippen LogP contribution in [0.3, 0.4) is 0 Å². The molecule has 2 atom stereocenters. The number of halogens is 5. The van der Waals surface area contributed by atoms with Crippen LogP contribution < -0.4 is 15.8 Å². The average molecular weight is 560 g/mol. The van der Waals surface area contributed by atoms with Gasteiger partial charge in [0.05, 0.1) is 12.2 Å². The lowest BCUT2D eigenvalue weighted by Crippen LogP contribution is -2.52. The Morgan fingerprint density at radius 2 is 1.85 bits per heavy atom. The maximum absolute atomic E-state index is 14.5. The van der Waals surface area contributed by atoms with E-state index in [1.54, 1.807) is 0 Å². The van der Waals surface area contributed by atoms with Crippen LogP contribution in [0.15, 0.2) is 54.6 Å². The number of nitrogens with one attached hydrogen (secondary N) is 2. The molecule has 3 heterocycles. The number of aromatic nitrogens is 2. The summed E-state index contributed by atoms with van der Waals surface area (Å²) in [6, 6.07) is 10.6. The normalized spacial score (nSPS) is 18.2. The molecule has 0 fully saturated rings. The number of pyridine rings is 1. The fourth-order valence-electron chi connectivity index (χ4n) is 4.48. The Labute approximate surface area is 223 Å². The van der Waals surface area contributed by atoms with Gasteiger partial charge in [0.1, 0.15) is 40.8 Å². The summed E-state index contributed by atoms with van der Waals surface area (Å²) in [5.74, 6) is -3.27. The molecule has 0 aliphatic carbocycles. The van der Waals surface area contributed by atoms with Gasteiger partial charge in [-0.2, -0.15) is 13.2 Å². The van der Waals surface area contributed by atoms with Gasteiger partial charge < -0.3 is 25.9 Å². The Hall–Kier alpha value is -4.52. The van der Waals surface area contributed by atoms with Crippen molar-refractivity contribution in [1.29, 1.82) is 0 Å². The largest absolute Gasteiger partial charge is 0.489 e. The summed E-state index contributed by atoms with van der Waals surface area (Å²) in [6.45, 7) is -0.339. The molecule has 1 aliphatic rings. The summed E-state index contributed by atoms with van der Waals surface area (Å²) in [4.78, 5) is 31.7. The van der Waals surface area contributed by atoms with Crippen LogP contribution >= 0.6 is 0 Å². The third kappa shape index (κ3) is 4.31. The van der Waals surface area contributed by atoms with E-state index in [9.17, 15) is 36.6 Å². The van der Waals surface area contributed by atoms with E-state index in [2.05, 4.69) is 9.97 Å². The Morgan fingerprint density at radius 1 is 1.15 bits per heavy atom. The molecule has 5 N–H and O–H groups in total. The molecule has 0 spiro atoms. The number of hydrogen-bond acceptors (Lipinski definition) is 5. The van der Waals surface area contributed by atoms with Gasteiger partial charge in [0, 0.05) is 22.0 Å². The predicted molar refractivity (Wildman–Crippen MR) is 132 cm³/mol. The summed E-state index contributed by atoms with van der Waals surface area (Å²) in [7, 11) is 0. The quantitative estimate of drug-likeness (QED) is 0.267. The Kier molecular flexibility index (Phi) is 6.29. The van der Waals surface area contributed by atoms with Crippen LogP contribution in [0.1, 0.15) is 28.7 Å². The number of alkyl halides is 3. The molecule has 2 aromatic carbocycles. The van der Waals surface area contributed by atoms with E-state index in [4.69, 9.17) is 10.5 Å². The highest BCUT2D eigenvalue weighted by Gasteiger charge is 2.57. The number of primary amides is 1. The molecule has 0 radical (unpaired) electrons. The molecule has 13 heteroatoms. The number of benzene rings is 2. The molecular weight excluding hydrogens is 539 g/mol. The van der Waals surface area contributed by atoms with Gasteiger partial charge in [0.25, 0.3) is 5.91 Å². The number of ether oxygens (including phenoxy) is 1. The lowest BCUT2D eigenvalue weighted by atomic mass is 9.81. The molecule has 0 saturated carbocycles. The number of fused-ring (bicyclic) bond motifs is 2. The van der Waals surface area contributed by atoms with Crippen LogP contribution in [0.4, 0.5) is 22.0 Å². The van der Waals surface area contributed by atoms with Gasteiger partial charge in [-0.05, 0) is 55.5 Å². The lowest BCUT2D eigenvalue weighted by molar-refractivity contribution is -0.265. The van der Waals surface area contributed by atoms with E-state index in [1.165, 1.54) is 31.2 Å². The minimum atomic E-state index is -5.38. The van der Waals surface area contributed by atoms with Gasteiger partial charge in [0.15, 0.2) is 0 Å². The van der Waals surface area contributed by atoms with Crippen LogP contribution in [-0.2, 0) is 15.8 Å². The van der Waals surface area contributed by atoms with Crippen molar-refractivity contribution in [2.24, 2.45) is 5.73 Å². The maximum atomic E-state index is 14.5. The predicted octanol–water partition coefficient (Wildman–Crippen LogP) is 3.82. The van der Waals surface area contributed by atoms with E-state index in [0.29, 0.717) is 0 Å². The second-order valence-corrected chi connectivity index (χ2v) is 9.65. The van der Waals surface area contributed by atoms with Crippen molar-refractivity contribution in [3.05, 3.63) is 83.2 Å². The number of rotatable bonds is 6. The summed E-state index contributed by atoms with van der Waals surface area (Å²) in [5.41, 5.74) is -0.873. The molecule has 2 amide bonds. The molecule has 8 nitrogen and oxygen atoms in total. The molecule has 5 rings (SSSR count). The molecular formula is C27H21F5N4O4. The summed E-state index contributed by atoms with van der Waals surface area (Å²) in [6.07, 6.45) is -5.38. The highest BCUT2D eigenvalue weighted by molar-refractivity contribution is 5.98. The van der Waals surface area contributed by atoms with Crippen molar-refractivity contribution < 1.29 is 41.4 Å². The van der Waals surface area contributed by atoms with E-state index in [-0.39, 0.29) is 45.8 Å². The summed E-state index contributed by atoms with van der Waals surface area (Å²) >= 11 is 0. The van der Waals surface area contributed by atoms with Gasteiger partial charge >= 0.3 is 6.18 Å². The number of nitrogens with zero attached hydrogens (tertiary/aromatic N) is 1. The number of amides is 2. The van der Waals surface area contributed by atoms with Gasteiger partial charge in [-0.1, -0.05) is 6.07 Å². The van der Waals surface area contributed by atoms with Crippen molar-refractivity contribution in [2.75, 3.05) is 13.2 Å². The molecule has 208 valence electrons. The monoisotopic (exact) mass is 560 g/mol. The van der Waals surface area contributed by atoms with Crippen molar-refractivity contribution in [3.63, 3.8) is 0 Å². The van der Waals surface area contributed by atoms with Crippen LogP contribution in [0, 0.1) is 11.6 Å². The molecule has 2 aromatic heterocycles. The third-order valence-electron chi connectivity index (χ3n) is 6.99. The fourth-order valence-corrected chi connectivity index (χ4v) is 4.48. The smallest absolute Gasteiger partial charge is 0.424 e. The number of nitrogens with two attached hydrogens (primary N) is 1. The second kappa shape index (κ2) is 9.30. The van der Waals surface area contributed by atoms with Crippen LogP contribution in [0.2, 0.25) is 0 Å². The topological polar surface area (TPSA) is 130 Å². The van der Waals surface area contributed by atoms with Crippen LogP contribution in [0.25, 0.3) is 22.2 Å². The average Bonchev–Trinajstić information content (AvgIpc) is 3.50. The Morgan fingerprint density at radius 3 is 2.48 bits per heavy atom. The number of carbonyl (C=O) groups is 2. The second-order valence-electron chi connectivity index (χ2n) is 9.65.